The van der Waals surface area contributed by atoms with Crippen molar-refractivity contribution in [3.05, 3.63) is 29.8 Å². The van der Waals surface area contributed by atoms with Crippen molar-refractivity contribution >= 4 is 5.69 Å². The van der Waals surface area contributed by atoms with E-state index in [2.05, 4.69) is 4.74 Å². The number of aryl methyl sites for hydroxylation is 1. The smallest absolute Gasteiger partial charge is 0.353 e. The maximum Gasteiger partial charge on any atom is 0.433 e. The summed E-state index contributed by atoms with van der Waals surface area (Å²) in [6.07, 6.45) is -6.31. The third kappa shape index (κ3) is 3.36. The summed E-state index contributed by atoms with van der Waals surface area (Å²) in [5, 5.41) is 0. The number of alkyl halides is 3. The highest BCUT2D eigenvalue weighted by atomic mass is 19.4. The molecule has 5 heteroatoms. The van der Waals surface area contributed by atoms with Gasteiger partial charge < -0.3 is 9.64 Å². The number of hydrogen-bond donors (Lipinski definition) is 0. The summed E-state index contributed by atoms with van der Waals surface area (Å²) in [5.74, 6) is 0. The standard InChI is InChI=1S/C12H16F3NO/c1-4-16(11(17-3)12(13,14)15)10-7-5-9(2)6-8-10/h5-8,11H,4H2,1-3H3. The van der Waals surface area contributed by atoms with Gasteiger partial charge in [-0.05, 0) is 26.0 Å². The van der Waals surface area contributed by atoms with Gasteiger partial charge in [0.15, 0.2) is 0 Å². The molecule has 0 saturated carbocycles. The third-order valence-corrected chi connectivity index (χ3v) is 2.49. The van der Waals surface area contributed by atoms with E-state index in [1.807, 2.05) is 6.92 Å². The Morgan fingerprint density at radius 2 is 1.76 bits per heavy atom. The molecule has 0 radical (unpaired) electrons. The Hall–Kier alpha value is -1.23. The lowest BCUT2D eigenvalue weighted by Gasteiger charge is -2.32. The summed E-state index contributed by atoms with van der Waals surface area (Å²) in [5.41, 5.74) is 1.51. The zero-order chi connectivity index (χ0) is 13.1. The van der Waals surface area contributed by atoms with E-state index in [0.717, 1.165) is 12.7 Å². The van der Waals surface area contributed by atoms with E-state index >= 15 is 0 Å². The van der Waals surface area contributed by atoms with Crippen LogP contribution in [0.2, 0.25) is 0 Å². The van der Waals surface area contributed by atoms with Gasteiger partial charge in [0.1, 0.15) is 0 Å². The SMILES string of the molecule is CCN(c1ccc(C)cc1)C(OC)C(F)(F)F. The molecule has 0 aliphatic rings. The fraction of sp³-hybridized carbons (Fsp3) is 0.500. The maximum absolute atomic E-state index is 12.8. The van der Waals surface area contributed by atoms with Crippen LogP contribution in [0.4, 0.5) is 18.9 Å². The van der Waals surface area contributed by atoms with Crippen LogP contribution in [-0.2, 0) is 4.74 Å². The second kappa shape index (κ2) is 5.40. The molecule has 0 aliphatic heterocycles. The molecule has 0 aliphatic carbocycles. The lowest BCUT2D eigenvalue weighted by atomic mass is 10.2. The van der Waals surface area contributed by atoms with Gasteiger partial charge in [-0.3, -0.25) is 0 Å². The number of halogens is 3. The highest BCUT2D eigenvalue weighted by molar-refractivity contribution is 5.48. The van der Waals surface area contributed by atoms with Gasteiger partial charge in [-0.2, -0.15) is 13.2 Å². The number of ether oxygens (including phenoxy) is 1. The van der Waals surface area contributed by atoms with Gasteiger partial charge in [-0.25, -0.2) is 0 Å². The van der Waals surface area contributed by atoms with Crippen molar-refractivity contribution < 1.29 is 17.9 Å². The Bertz CT molecular complexity index is 348. The molecule has 0 N–H and O–H groups in total. The van der Waals surface area contributed by atoms with Gasteiger partial charge in [0, 0.05) is 19.3 Å². The van der Waals surface area contributed by atoms with Crippen LogP contribution < -0.4 is 4.90 Å². The summed E-state index contributed by atoms with van der Waals surface area (Å²) in [6, 6.07) is 6.88. The van der Waals surface area contributed by atoms with Gasteiger partial charge in [0.05, 0.1) is 0 Å². The van der Waals surface area contributed by atoms with Crippen LogP contribution in [-0.4, -0.2) is 26.1 Å². The Labute approximate surface area is 99.0 Å². The largest absolute Gasteiger partial charge is 0.433 e. The molecular weight excluding hydrogens is 231 g/mol. The van der Waals surface area contributed by atoms with Crippen molar-refractivity contribution in [2.24, 2.45) is 0 Å². The van der Waals surface area contributed by atoms with Crippen molar-refractivity contribution in [2.45, 2.75) is 26.3 Å². The molecule has 1 rings (SSSR count). The number of methoxy groups -OCH3 is 1. The average Bonchev–Trinajstić information content (AvgIpc) is 2.25. The molecule has 1 unspecified atom stereocenters. The summed E-state index contributed by atoms with van der Waals surface area (Å²) in [4.78, 5) is 1.18. The minimum Gasteiger partial charge on any atom is -0.353 e. The van der Waals surface area contributed by atoms with Gasteiger partial charge in [0.2, 0.25) is 6.23 Å². The lowest BCUT2D eigenvalue weighted by molar-refractivity contribution is -0.212. The molecule has 0 amide bonds. The fourth-order valence-corrected chi connectivity index (χ4v) is 1.66. The van der Waals surface area contributed by atoms with Crippen LogP contribution >= 0.6 is 0 Å². The average molecular weight is 247 g/mol. The van der Waals surface area contributed by atoms with Crippen LogP contribution in [0.15, 0.2) is 24.3 Å². The lowest BCUT2D eigenvalue weighted by Crippen LogP contribution is -2.47. The summed E-state index contributed by atoms with van der Waals surface area (Å²) in [7, 11) is 1.06. The highest BCUT2D eigenvalue weighted by Gasteiger charge is 2.43. The fourth-order valence-electron chi connectivity index (χ4n) is 1.66. The van der Waals surface area contributed by atoms with Crippen molar-refractivity contribution in [3.63, 3.8) is 0 Å². The molecule has 1 aromatic carbocycles. The molecule has 17 heavy (non-hydrogen) atoms. The molecular formula is C12H16F3NO. The second-order valence-corrected chi connectivity index (χ2v) is 3.75. The van der Waals surface area contributed by atoms with Gasteiger partial charge in [0.25, 0.3) is 0 Å². The Kier molecular flexibility index (Phi) is 4.40. The molecule has 0 saturated heterocycles. The predicted octanol–water partition coefficient (Wildman–Crippen LogP) is 3.36. The normalized spacial score (nSPS) is 13.5. The van der Waals surface area contributed by atoms with Crippen LogP contribution in [0.5, 0.6) is 0 Å². The number of hydrogen-bond acceptors (Lipinski definition) is 2. The first kappa shape index (κ1) is 13.8. The molecule has 2 nitrogen and oxygen atoms in total. The van der Waals surface area contributed by atoms with E-state index in [-0.39, 0.29) is 6.54 Å². The minimum absolute atomic E-state index is 0.223. The van der Waals surface area contributed by atoms with Crippen molar-refractivity contribution in [1.29, 1.82) is 0 Å². The zero-order valence-electron chi connectivity index (χ0n) is 10.1. The number of anilines is 1. The quantitative estimate of drug-likeness (QED) is 0.756. The zero-order valence-corrected chi connectivity index (χ0v) is 10.1. The molecule has 0 spiro atoms. The van der Waals surface area contributed by atoms with Crippen molar-refractivity contribution in [2.75, 3.05) is 18.6 Å². The molecule has 96 valence electrons. The first-order valence-corrected chi connectivity index (χ1v) is 5.33. The minimum atomic E-state index is -4.41. The molecule has 1 aromatic rings. The van der Waals surface area contributed by atoms with Crippen LogP contribution in [0.3, 0.4) is 0 Å². The molecule has 0 bridgehead atoms. The van der Waals surface area contributed by atoms with E-state index < -0.39 is 12.4 Å². The Morgan fingerprint density at radius 3 is 2.12 bits per heavy atom. The molecule has 1 atom stereocenters. The van der Waals surface area contributed by atoms with E-state index in [9.17, 15) is 13.2 Å². The Morgan fingerprint density at radius 1 is 1.24 bits per heavy atom. The third-order valence-electron chi connectivity index (χ3n) is 2.49. The van der Waals surface area contributed by atoms with Gasteiger partial charge in [-0.15, -0.1) is 0 Å². The van der Waals surface area contributed by atoms with Gasteiger partial charge >= 0.3 is 6.18 Å². The van der Waals surface area contributed by atoms with Gasteiger partial charge in [-0.1, -0.05) is 17.7 Å². The topological polar surface area (TPSA) is 12.5 Å². The summed E-state index contributed by atoms with van der Waals surface area (Å²) >= 11 is 0. The van der Waals surface area contributed by atoms with Crippen LogP contribution in [0, 0.1) is 6.92 Å². The molecule has 0 fully saturated rings. The maximum atomic E-state index is 12.8. The number of nitrogens with zero attached hydrogens (tertiary/aromatic N) is 1. The number of rotatable bonds is 4. The van der Waals surface area contributed by atoms with E-state index in [1.165, 1.54) is 4.90 Å². The van der Waals surface area contributed by atoms with E-state index in [1.54, 1.807) is 31.2 Å². The van der Waals surface area contributed by atoms with Crippen molar-refractivity contribution in [1.82, 2.24) is 0 Å². The van der Waals surface area contributed by atoms with Crippen LogP contribution in [0.1, 0.15) is 12.5 Å². The summed E-state index contributed by atoms with van der Waals surface area (Å²) in [6.45, 7) is 3.77. The first-order valence-electron chi connectivity index (χ1n) is 5.33. The highest BCUT2D eigenvalue weighted by Crippen LogP contribution is 2.29. The first-order chi connectivity index (χ1) is 7.90. The van der Waals surface area contributed by atoms with E-state index in [4.69, 9.17) is 0 Å². The van der Waals surface area contributed by atoms with E-state index in [0.29, 0.717) is 5.69 Å². The monoisotopic (exact) mass is 247 g/mol. The molecule has 0 aromatic heterocycles. The molecule has 0 heterocycles. The Balaban J connectivity index is 3.01. The number of benzene rings is 1. The second-order valence-electron chi connectivity index (χ2n) is 3.75. The summed E-state index contributed by atoms with van der Waals surface area (Å²) < 4.78 is 42.8. The predicted molar refractivity (Wildman–Crippen MR) is 61.1 cm³/mol. The van der Waals surface area contributed by atoms with Crippen molar-refractivity contribution in [3.8, 4) is 0 Å². The van der Waals surface area contributed by atoms with Crippen LogP contribution in [0.25, 0.3) is 0 Å².